The van der Waals surface area contributed by atoms with Crippen molar-refractivity contribution in [3.05, 3.63) is 84.6 Å². The number of nitrogens with one attached hydrogen (secondary N) is 2. The van der Waals surface area contributed by atoms with E-state index in [9.17, 15) is 4.79 Å². The molecule has 0 spiro atoms. The Morgan fingerprint density at radius 2 is 1.57 bits per heavy atom. The minimum atomic E-state index is -0.247. The van der Waals surface area contributed by atoms with Gasteiger partial charge in [0.1, 0.15) is 0 Å². The van der Waals surface area contributed by atoms with Crippen LogP contribution in [0.2, 0.25) is 0 Å². The van der Waals surface area contributed by atoms with Crippen LogP contribution < -0.4 is 10.6 Å². The molecule has 23 heavy (non-hydrogen) atoms. The smallest absolute Gasteiger partial charge is 0.319 e. The number of amides is 2. The molecule has 0 bridgehead atoms. The van der Waals surface area contributed by atoms with Crippen molar-refractivity contribution in [2.45, 2.75) is 6.54 Å². The Kier molecular flexibility index (Phi) is 4.64. The quantitative estimate of drug-likeness (QED) is 0.763. The lowest BCUT2D eigenvalue weighted by Gasteiger charge is -2.08. The highest BCUT2D eigenvalue weighted by Gasteiger charge is 2.03. The average Bonchev–Trinajstić information content (AvgIpc) is 2.62. The second-order valence-electron chi connectivity index (χ2n) is 5.09. The Bertz CT molecular complexity index is 756. The van der Waals surface area contributed by atoms with Crippen LogP contribution in [-0.4, -0.2) is 11.0 Å². The third-order valence-corrected chi connectivity index (χ3v) is 3.39. The third-order valence-electron chi connectivity index (χ3n) is 3.39. The maximum atomic E-state index is 11.9. The number of hydrogen-bond acceptors (Lipinski definition) is 2. The third kappa shape index (κ3) is 4.17. The van der Waals surface area contributed by atoms with Gasteiger partial charge in [0, 0.05) is 12.1 Å². The van der Waals surface area contributed by atoms with Gasteiger partial charge in [0.25, 0.3) is 0 Å². The maximum Gasteiger partial charge on any atom is 0.319 e. The van der Waals surface area contributed by atoms with Gasteiger partial charge in [-0.2, -0.15) is 0 Å². The molecule has 0 aliphatic rings. The van der Waals surface area contributed by atoms with Crippen molar-refractivity contribution in [1.29, 1.82) is 0 Å². The number of urea groups is 1. The van der Waals surface area contributed by atoms with Gasteiger partial charge < -0.3 is 10.6 Å². The van der Waals surface area contributed by atoms with Gasteiger partial charge in [-0.15, -0.1) is 0 Å². The number of anilines is 1. The summed E-state index contributed by atoms with van der Waals surface area (Å²) in [7, 11) is 0. The van der Waals surface area contributed by atoms with Crippen molar-refractivity contribution in [2.24, 2.45) is 0 Å². The van der Waals surface area contributed by atoms with Crippen LogP contribution in [0.25, 0.3) is 11.3 Å². The SMILES string of the molecule is O=C(NCc1ccccc1)Nc1ccc(-c2ccccc2)nc1. The first-order chi connectivity index (χ1) is 11.3. The lowest BCUT2D eigenvalue weighted by Crippen LogP contribution is -2.28. The van der Waals surface area contributed by atoms with Crippen molar-refractivity contribution in [1.82, 2.24) is 10.3 Å². The molecule has 0 radical (unpaired) electrons. The lowest BCUT2D eigenvalue weighted by atomic mass is 10.1. The molecule has 4 nitrogen and oxygen atoms in total. The maximum absolute atomic E-state index is 11.9. The monoisotopic (exact) mass is 303 g/mol. The summed E-state index contributed by atoms with van der Waals surface area (Å²) in [5.41, 5.74) is 3.64. The Morgan fingerprint density at radius 3 is 2.22 bits per heavy atom. The Hall–Kier alpha value is -3.14. The Balaban J connectivity index is 1.57. The van der Waals surface area contributed by atoms with E-state index in [1.165, 1.54) is 0 Å². The zero-order chi connectivity index (χ0) is 15.9. The highest BCUT2D eigenvalue weighted by Crippen LogP contribution is 2.17. The summed E-state index contributed by atoms with van der Waals surface area (Å²) >= 11 is 0. The van der Waals surface area contributed by atoms with Crippen LogP contribution >= 0.6 is 0 Å². The molecule has 2 aromatic carbocycles. The van der Waals surface area contributed by atoms with E-state index < -0.39 is 0 Å². The molecule has 3 rings (SSSR count). The average molecular weight is 303 g/mol. The van der Waals surface area contributed by atoms with Crippen molar-refractivity contribution >= 4 is 11.7 Å². The largest absolute Gasteiger partial charge is 0.334 e. The molecule has 0 atom stereocenters. The van der Waals surface area contributed by atoms with E-state index in [4.69, 9.17) is 0 Å². The van der Waals surface area contributed by atoms with Crippen LogP contribution in [0.4, 0.5) is 10.5 Å². The van der Waals surface area contributed by atoms with Crippen LogP contribution in [0.15, 0.2) is 79.0 Å². The van der Waals surface area contributed by atoms with Crippen LogP contribution in [0.5, 0.6) is 0 Å². The highest BCUT2D eigenvalue weighted by molar-refractivity contribution is 5.89. The zero-order valence-electron chi connectivity index (χ0n) is 12.6. The van der Waals surface area contributed by atoms with Crippen molar-refractivity contribution in [3.8, 4) is 11.3 Å². The predicted octanol–water partition coefficient (Wildman–Crippen LogP) is 4.07. The molecule has 4 heteroatoms. The second-order valence-corrected chi connectivity index (χ2v) is 5.09. The molecular weight excluding hydrogens is 286 g/mol. The molecule has 1 aromatic heterocycles. The van der Waals surface area contributed by atoms with E-state index in [2.05, 4.69) is 15.6 Å². The van der Waals surface area contributed by atoms with E-state index in [0.717, 1.165) is 16.8 Å². The van der Waals surface area contributed by atoms with Crippen molar-refractivity contribution in [3.63, 3.8) is 0 Å². The fraction of sp³-hybridized carbons (Fsp3) is 0.0526. The molecule has 3 aromatic rings. The summed E-state index contributed by atoms with van der Waals surface area (Å²) in [4.78, 5) is 16.3. The number of aromatic nitrogens is 1. The highest BCUT2D eigenvalue weighted by atomic mass is 16.2. The Labute approximate surface area is 135 Å². The van der Waals surface area contributed by atoms with E-state index in [1.807, 2.05) is 72.8 Å². The van der Waals surface area contributed by atoms with E-state index in [0.29, 0.717) is 12.2 Å². The number of hydrogen-bond donors (Lipinski definition) is 2. The first kappa shape index (κ1) is 14.8. The molecule has 0 aliphatic carbocycles. The first-order valence-electron chi connectivity index (χ1n) is 7.41. The molecule has 0 aliphatic heterocycles. The first-order valence-corrected chi connectivity index (χ1v) is 7.41. The molecule has 114 valence electrons. The summed E-state index contributed by atoms with van der Waals surface area (Å²) in [5, 5.41) is 5.59. The van der Waals surface area contributed by atoms with Gasteiger partial charge in [-0.3, -0.25) is 4.98 Å². The van der Waals surface area contributed by atoms with Crippen LogP contribution in [-0.2, 0) is 6.54 Å². The van der Waals surface area contributed by atoms with E-state index in [1.54, 1.807) is 6.20 Å². The molecule has 0 fully saturated rings. The van der Waals surface area contributed by atoms with Gasteiger partial charge in [-0.25, -0.2) is 4.79 Å². The molecule has 2 amide bonds. The van der Waals surface area contributed by atoms with Gasteiger partial charge in [0.05, 0.1) is 17.6 Å². The normalized spacial score (nSPS) is 10.1. The summed E-state index contributed by atoms with van der Waals surface area (Å²) < 4.78 is 0. The van der Waals surface area contributed by atoms with Gasteiger partial charge in [0.15, 0.2) is 0 Å². The fourth-order valence-electron chi connectivity index (χ4n) is 2.20. The van der Waals surface area contributed by atoms with E-state index in [-0.39, 0.29) is 6.03 Å². The molecule has 0 unspecified atom stereocenters. The van der Waals surface area contributed by atoms with Gasteiger partial charge in [-0.1, -0.05) is 60.7 Å². The number of carbonyl (C=O) groups excluding carboxylic acids is 1. The zero-order valence-corrected chi connectivity index (χ0v) is 12.6. The summed E-state index contributed by atoms with van der Waals surface area (Å²) in [6.45, 7) is 0.488. The predicted molar refractivity (Wildman–Crippen MR) is 92.0 cm³/mol. The second kappa shape index (κ2) is 7.22. The molecule has 1 heterocycles. The van der Waals surface area contributed by atoms with Crippen LogP contribution in [0.1, 0.15) is 5.56 Å². The number of pyridine rings is 1. The molecule has 0 saturated carbocycles. The standard InChI is InChI=1S/C19H17N3O/c23-19(21-13-15-7-3-1-4-8-15)22-17-11-12-18(20-14-17)16-9-5-2-6-10-16/h1-12,14H,13H2,(H2,21,22,23). The minimum Gasteiger partial charge on any atom is -0.334 e. The van der Waals surface area contributed by atoms with Gasteiger partial charge in [-0.05, 0) is 17.7 Å². The fourth-order valence-corrected chi connectivity index (χ4v) is 2.20. The van der Waals surface area contributed by atoms with Crippen molar-refractivity contribution in [2.75, 3.05) is 5.32 Å². The summed E-state index contributed by atoms with van der Waals surface area (Å²) in [6.07, 6.45) is 1.66. The summed E-state index contributed by atoms with van der Waals surface area (Å²) in [6, 6.07) is 23.2. The minimum absolute atomic E-state index is 0.247. The number of carbonyl (C=O) groups is 1. The van der Waals surface area contributed by atoms with Gasteiger partial charge >= 0.3 is 6.03 Å². The lowest BCUT2D eigenvalue weighted by molar-refractivity contribution is 0.251. The number of nitrogens with zero attached hydrogens (tertiary/aromatic N) is 1. The molecule has 0 saturated heterocycles. The van der Waals surface area contributed by atoms with Crippen LogP contribution in [0, 0.1) is 0 Å². The summed E-state index contributed by atoms with van der Waals surface area (Å²) in [5.74, 6) is 0. The van der Waals surface area contributed by atoms with E-state index >= 15 is 0 Å². The number of rotatable bonds is 4. The number of benzene rings is 2. The van der Waals surface area contributed by atoms with Gasteiger partial charge in [0.2, 0.25) is 0 Å². The Morgan fingerprint density at radius 1 is 0.870 bits per heavy atom. The molecule has 2 N–H and O–H groups in total. The van der Waals surface area contributed by atoms with Crippen LogP contribution in [0.3, 0.4) is 0 Å². The van der Waals surface area contributed by atoms with Crippen molar-refractivity contribution < 1.29 is 4.79 Å². The topological polar surface area (TPSA) is 54.0 Å². The molecular formula is C19H17N3O.